The molecule has 3 rings (SSSR count). The molecule has 0 aliphatic carbocycles. The molecule has 1 saturated heterocycles. The molecule has 1 aromatic heterocycles. The standard InChI is InChI=1S/C16H22N4O3S.2ClH/c1-12-10-16(21)19-15-3-2-13(11-14(12)15)24(22,23)18-6-9-20-7-4-17-5-8-20;;/h2-3,10-11,17-18H,4-9H2,1H3,(H,19,21);2*1H. The lowest BCUT2D eigenvalue weighted by atomic mass is 10.1. The summed E-state index contributed by atoms with van der Waals surface area (Å²) in [6.45, 7) is 6.62. The van der Waals surface area contributed by atoms with Crippen molar-refractivity contribution in [2.75, 3.05) is 39.3 Å². The van der Waals surface area contributed by atoms with E-state index in [0.29, 0.717) is 18.6 Å². The molecule has 0 amide bonds. The zero-order valence-corrected chi connectivity index (χ0v) is 16.9. The van der Waals surface area contributed by atoms with Gasteiger partial charge >= 0.3 is 0 Å². The molecule has 0 spiro atoms. The van der Waals surface area contributed by atoms with Gasteiger partial charge in [0.05, 0.1) is 4.90 Å². The van der Waals surface area contributed by atoms with Crippen molar-refractivity contribution < 1.29 is 8.42 Å². The number of pyridine rings is 1. The van der Waals surface area contributed by atoms with Crippen LogP contribution in [0.25, 0.3) is 10.9 Å². The van der Waals surface area contributed by atoms with Crippen molar-refractivity contribution in [1.29, 1.82) is 0 Å². The van der Waals surface area contributed by atoms with Crippen LogP contribution < -0.4 is 15.6 Å². The number of aromatic nitrogens is 1. The molecule has 2 aromatic rings. The van der Waals surface area contributed by atoms with E-state index in [1.54, 1.807) is 19.1 Å². The summed E-state index contributed by atoms with van der Waals surface area (Å²) in [5.74, 6) is 0. The largest absolute Gasteiger partial charge is 0.322 e. The topological polar surface area (TPSA) is 94.3 Å². The number of aromatic amines is 1. The van der Waals surface area contributed by atoms with Crippen LogP contribution in [0.2, 0.25) is 0 Å². The van der Waals surface area contributed by atoms with Gasteiger partial charge in [0.2, 0.25) is 15.6 Å². The minimum absolute atomic E-state index is 0. The molecule has 1 aliphatic heterocycles. The molecule has 0 bridgehead atoms. The molecular weight excluding hydrogens is 399 g/mol. The van der Waals surface area contributed by atoms with Crippen LogP contribution in [-0.4, -0.2) is 57.6 Å². The fourth-order valence-corrected chi connectivity index (χ4v) is 3.97. The molecule has 0 unspecified atom stereocenters. The maximum atomic E-state index is 12.5. The van der Waals surface area contributed by atoms with E-state index in [0.717, 1.165) is 37.1 Å². The summed E-state index contributed by atoms with van der Waals surface area (Å²) in [5, 5.41) is 4.00. The lowest BCUT2D eigenvalue weighted by molar-refractivity contribution is 0.245. The van der Waals surface area contributed by atoms with Gasteiger partial charge in [-0.05, 0) is 30.7 Å². The monoisotopic (exact) mass is 422 g/mol. The van der Waals surface area contributed by atoms with Crippen LogP contribution in [0, 0.1) is 6.92 Å². The van der Waals surface area contributed by atoms with E-state index in [1.807, 2.05) is 0 Å². The third-order valence-corrected chi connectivity index (χ3v) is 5.72. The predicted octanol–water partition coefficient (Wildman–Crippen LogP) is 0.864. The summed E-state index contributed by atoms with van der Waals surface area (Å²) in [4.78, 5) is 16.6. The lowest BCUT2D eigenvalue weighted by Crippen LogP contribution is -2.46. The first-order valence-corrected chi connectivity index (χ1v) is 9.50. The van der Waals surface area contributed by atoms with Gasteiger partial charge in [-0.25, -0.2) is 13.1 Å². The Bertz CT molecular complexity index is 896. The number of halogens is 2. The Morgan fingerprint density at radius 1 is 1.15 bits per heavy atom. The van der Waals surface area contributed by atoms with Crippen molar-refractivity contribution >= 4 is 45.7 Å². The number of piperazine rings is 1. The maximum absolute atomic E-state index is 12.5. The Balaban J connectivity index is 0.00000169. The molecule has 1 aliphatic rings. The summed E-state index contributed by atoms with van der Waals surface area (Å²) < 4.78 is 27.6. The second kappa shape index (κ2) is 9.68. The van der Waals surface area contributed by atoms with Crippen molar-refractivity contribution in [3.8, 4) is 0 Å². The molecule has 0 radical (unpaired) electrons. The molecule has 1 aromatic carbocycles. The normalized spacial score (nSPS) is 15.3. The number of rotatable bonds is 5. The van der Waals surface area contributed by atoms with E-state index in [2.05, 4.69) is 19.9 Å². The Hall–Kier alpha value is -1.16. The number of hydrogen-bond donors (Lipinski definition) is 3. The first kappa shape index (κ1) is 22.9. The molecular formula is C16H24Cl2N4O3S. The van der Waals surface area contributed by atoms with Crippen molar-refractivity contribution in [2.45, 2.75) is 11.8 Å². The van der Waals surface area contributed by atoms with E-state index >= 15 is 0 Å². The van der Waals surface area contributed by atoms with Crippen molar-refractivity contribution in [3.63, 3.8) is 0 Å². The Labute approximate surface area is 165 Å². The highest BCUT2D eigenvalue weighted by atomic mass is 35.5. The van der Waals surface area contributed by atoms with Crippen molar-refractivity contribution in [3.05, 3.63) is 40.2 Å². The van der Waals surface area contributed by atoms with Gasteiger partial charge in [0.25, 0.3) is 0 Å². The number of benzene rings is 1. The number of nitrogens with zero attached hydrogens (tertiary/aromatic N) is 1. The molecule has 10 heteroatoms. The van der Waals surface area contributed by atoms with Gasteiger partial charge in [0.1, 0.15) is 0 Å². The zero-order valence-electron chi connectivity index (χ0n) is 14.4. The second-order valence-electron chi connectivity index (χ2n) is 6.01. The molecule has 146 valence electrons. The van der Waals surface area contributed by atoms with Crippen LogP contribution in [0.4, 0.5) is 0 Å². The quantitative estimate of drug-likeness (QED) is 0.664. The molecule has 2 heterocycles. The van der Waals surface area contributed by atoms with Crippen LogP contribution >= 0.6 is 24.8 Å². The number of sulfonamides is 1. The number of aryl methyl sites for hydroxylation is 1. The van der Waals surface area contributed by atoms with Crippen LogP contribution in [0.15, 0.2) is 34.0 Å². The van der Waals surface area contributed by atoms with E-state index in [9.17, 15) is 13.2 Å². The fraction of sp³-hybridized carbons (Fsp3) is 0.438. The third-order valence-electron chi connectivity index (χ3n) is 4.26. The predicted molar refractivity (Wildman–Crippen MR) is 108 cm³/mol. The van der Waals surface area contributed by atoms with E-state index in [-0.39, 0.29) is 35.3 Å². The van der Waals surface area contributed by atoms with Gasteiger partial charge < -0.3 is 10.3 Å². The minimum Gasteiger partial charge on any atom is -0.322 e. The SMILES string of the molecule is Cc1cc(=O)[nH]c2ccc(S(=O)(=O)NCCN3CCNCC3)cc12.Cl.Cl. The summed E-state index contributed by atoms with van der Waals surface area (Å²) in [5.41, 5.74) is 1.20. The molecule has 7 nitrogen and oxygen atoms in total. The first-order chi connectivity index (χ1) is 11.5. The smallest absolute Gasteiger partial charge is 0.248 e. The third kappa shape index (κ3) is 5.42. The average Bonchev–Trinajstić information content (AvgIpc) is 2.55. The van der Waals surface area contributed by atoms with Crippen molar-refractivity contribution in [2.24, 2.45) is 0 Å². The van der Waals surface area contributed by atoms with Gasteiger partial charge in [-0.3, -0.25) is 9.69 Å². The maximum Gasteiger partial charge on any atom is 0.248 e. The molecule has 0 saturated carbocycles. The zero-order chi connectivity index (χ0) is 17.2. The van der Waals surface area contributed by atoms with Gasteiger partial charge in [-0.1, -0.05) is 0 Å². The lowest BCUT2D eigenvalue weighted by Gasteiger charge is -2.27. The Morgan fingerprint density at radius 3 is 2.54 bits per heavy atom. The van der Waals surface area contributed by atoms with E-state index in [1.165, 1.54) is 12.1 Å². The minimum atomic E-state index is -3.56. The van der Waals surface area contributed by atoms with Gasteiger partial charge in [-0.2, -0.15) is 0 Å². The van der Waals surface area contributed by atoms with Crippen LogP contribution in [0.1, 0.15) is 5.56 Å². The summed E-state index contributed by atoms with van der Waals surface area (Å²) in [6.07, 6.45) is 0. The van der Waals surface area contributed by atoms with E-state index in [4.69, 9.17) is 0 Å². The van der Waals surface area contributed by atoms with Gasteiger partial charge in [0, 0.05) is 56.2 Å². The van der Waals surface area contributed by atoms with Crippen LogP contribution in [-0.2, 0) is 10.0 Å². The van der Waals surface area contributed by atoms with Crippen LogP contribution in [0.3, 0.4) is 0 Å². The molecule has 3 N–H and O–H groups in total. The molecule has 0 atom stereocenters. The number of hydrogen-bond acceptors (Lipinski definition) is 5. The number of fused-ring (bicyclic) bond motifs is 1. The highest BCUT2D eigenvalue weighted by Gasteiger charge is 2.16. The second-order valence-corrected chi connectivity index (χ2v) is 7.78. The molecule has 1 fully saturated rings. The van der Waals surface area contributed by atoms with E-state index < -0.39 is 10.0 Å². The highest BCUT2D eigenvalue weighted by molar-refractivity contribution is 7.89. The van der Waals surface area contributed by atoms with Crippen LogP contribution in [0.5, 0.6) is 0 Å². The number of H-pyrrole nitrogens is 1. The Morgan fingerprint density at radius 2 is 1.85 bits per heavy atom. The summed E-state index contributed by atoms with van der Waals surface area (Å²) >= 11 is 0. The Kier molecular flexibility index (Phi) is 8.52. The number of nitrogens with one attached hydrogen (secondary N) is 3. The van der Waals surface area contributed by atoms with Crippen molar-refractivity contribution in [1.82, 2.24) is 19.9 Å². The van der Waals surface area contributed by atoms with Gasteiger partial charge in [-0.15, -0.1) is 24.8 Å². The summed E-state index contributed by atoms with van der Waals surface area (Å²) in [6, 6.07) is 6.23. The fourth-order valence-electron chi connectivity index (χ4n) is 2.93. The van der Waals surface area contributed by atoms with Gasteiger partial charge in [0.15, 0.2) is 0 Å². The summed E-state index contributed by atoms with van der Waals surface area (Å²) in [7, 11) is -3.56. The molecule has 26 heavy (non-hydrogen) atoms. The average molecular weight is 423 g/mol. The first-order valence-electron chi connectivity index (χ1n) is 8.02. The highest BCUT2D eigenvalue weighted by Crippen LogP contribution is 2.19.